The zero-order chi connectivity index (χ0) is 12.1. The first-order valence-electron chi connectivity index (χ1n) is 4.71. The van der Waals surface area contributed by atoms with E-state index in [-0.39, 0.29) is 5.92 Å². The van der Waals surface area contributed by atoms with Crippen molar-refractivity contribution in [2.24, 2.45) is 5.92 Å². The van der Waals surface area contributed by atoms with E-state index >= 15 is 0 Å². The fraction of sp³-hybridized carbons (Fsp3) is 0.364. The predicted octanol–water partition coefficient (Wildman–Crippen LogP) is 3.62. The normalized spacial score (nSPS) is 26.5. The van der Waals surface area contributed by atoms with Gasteiger partial charge in [0.15, 0.2) is 0 Å². The molecular formula is C11H9Cl3O2. The molecule has 0 saturated heterocycles. The van der Waals surface area contributed by atoms with Crippen molar-refractivity contribution in [3.05, 3.63) is 34.3 Å². The number of benzene rings is 1. The molecule has 0 amide bonds. The molecule has 2 rings (SSSR count). The first-order valence-corrected chi connectivity index (χ1v) is 5.85. The Kier molecular flexibility index (Phi) is 2.85. The maximum absolute atomic E-state index is 10.9. The van der Waals surface area contributed by atoms with E-state index < -0.39 is 16.2 Å². The molecule has 0 unspecified atom stereocenters. The molecule has 1 N–H and O–H groups in total. The molecule has 1 saturated carbocycles. The Morgan fingerprint density at radius 1 is 1.38 bits per heavy atom. The third-order valence-electron chi connectivity index (χ3n) is 2.74. The number of hydrogen-bond acceptors (Lipinski definition) is 1. The Balaban J connectivity index is 2.37. The van der Waals surface area contributed by atoms with Crippen LogP contribution in [0.5, 0.6) is 0 Å². The van der Waals surface area contributed by atoms with Gasteiger partial charge in [0, 0.05) is 10.9 Å². The van der Waals surface area contributed by atoms with E-state index in [0.29, 0.717) is 5.02 Å². The van der Waals surface area contributed by atoms with Gasteiger partial charge in [0.05, 0.1) is 5.92 Å². The largest absolute Gasteiger partial charge is 0.481 e. The van der Waals surface area contributed by atoms with Gasteiger partial charge < -0.3 is 5.11 Å². The topological polar surface area (TPSA) is 37.3 Å². The Labute approximate surface area is 108 Å². The van der Waals surface area contributed by atoms with E-state index in [1.165, 1.54) is 0 Å². The maximum atomic E-state index is 10.9. The van der Waals surface area contributed by atoms with Crippen LogP contribution in [0, 0.1) is 12.8 Å². The highest BCUT2D eigenvalue weighted by Gasteiger charge is 2.68. The fourth-order valence-electron chi connectivity index (χ4n) is 1.99. The fourth-order valence-corrected chi connectivity index (χ4v) is 3.11. The molecule has 1 aliphatic rings. The molecule has 16 heavy (non-hydrogen) atoms. The van der Waals surface area contributed by atoms with Crippen LogP contribution in [-0.4, -0.2) is 15.4 Å². The Morgan fingerprint density at radius 2 is 2.00 bits per heavy atom. The maximum Gasteiger partial charge on any atom is 0.310 e. The number of aryl methyl sites for hydroxylation is 1. The highest BCUT2D eigenvalue weighted by atomic mass is 35.5. The van der Waals surface area contributed by atoms with Crippen molar-refractivity contribution in [2.45, 2.75) is 17.2 Å². The second kappa shape index (κ2) is 3.80. The number of carbonyl (C=O) groups is 1. The highest BCUT2D eigenvalue weighted by Crippen LogP contribution is 2.65. The van der Waals surface area contributed by atoms with Crippen LogP contribution < -0.4 is 0 Å². The van der Waals surface area contributed by atoms with E-state index in [4.69, 9.17) is 39.9 Å². The second-order valence-corrected chi connectivity index (χ2v) is 5.91. The van der Waals surface area contributed by atoms with Crippen LogP contribution >= 0.6 is 34.8 Å². The molecule has 0 heterocycles. The minimum Gasteiger partial charge on any atom is -0.481 e. The number of rotatable bonds is 2. The minimum atomic E-state index is -1.22. The van der Waals surface area contributed by atoms with Gasteiger partial charge in [0.2, 0.25) is 0 Å². The van der Waals surface area contributed by atoms with Crippen LogP contribution in [0.3, 0.4) is 0 Å². The molecule has 2 atom stereocenters. The van der Waals surface area contributed by atoms with Gasteiger partial charge in [-0.15, -0.1) is 0 Å². The van der Waals surface area contributed by atoms with E-state index in [9.17, 15) is 4.79 Å². The van der Waals surface area contributed by atoms with Crippen molar-refractivity contribution < 1.29 is 9.90 Å². The standard InChI is InChI=1S/C11H9Cl3O2/c1-5-2-6(4-7(12)3-5)8-9(10(15)16)11(8,13)14/h2-4,8-9H,1H3,(H,15,16)/t8-,9+/m0/s1. The van der Waals surface area contributed by atoms with Gasteiger partial charge >= 0.3 is 5.97 Å². The first-order chi connectivity index (χ1) is 7.34. The van der Waals surface area contributed by atoms with Crippen molar-refractivity contribution in [3.8, 4) is 0 Å². The van der Waals surface area contributed by atoms with E-state index in [1.807, 2.05) is 13.0 Å². The summed E-state index contributed by atoms with van der Waals surface area (Å²) < 4.78 is -1.22. The van der Waals surface area contributed by atoms with Crippen molar-refractivity contribution >= 4 is 40.8 Å². The number of carboxylic acid groups (broad SMARTS) is 1. The summed E-state index contributed by atoms with van der Waals surface area (Å²) in [5.41, 5.74) is 1.74. The molecule has 1 aliphatic carbocycles. The molecule has 1 fully saturated rings. The predicted molar refractivity (Wildman–Crippen MR) is 64.5 cm³/mol. The molecule has 1 aromatic carbocycles. The SMILES string of the molecule is Cc1cc(Cl)cc([C@H]2[C@H](C(=O)O)C2(Cl)Cl)c1. The summed E-state index contributed by atoms with van der Waals surface area (Å²) in [5.74, 6) is -2.12. The summed E-state index contributed by atoms with van der Waals surface area (Å²) in [7, 11) is 0. The highest BCUT2D eigenvalue weighted by molar-refractivity contribution is 6.53. The Hall–Kier alpha value is -0.440. The van der Waals surface area contributed by atoms with Gasteiger partial charge in [-0.3, -0.25) is 4.79 Å². The number of halogens is 3. The molecule has 0 spiro atoms. The van der Waals surface area contributed by atoms with Crippen LogP contribution in [0.25, 0.3) is 0 Å². The average Bonchev–Trinajstić information content (AvgIpc) is 2.67. The van der Waals surface area contributed by atoms with Crippen molar-refractivity contribution in [1.82, 2.24) is 0 Å². The lowest BCUT2D eigenvalue weighted by Gasteiger charge is -2.03. The van der Waals surface area contributed by atoms with Gasteiger partial charge in [-0.25, -0.2) is 0 Å². The molecule has 0 aromatic heterocycles. The van der Waals surface area contributed by atoms with Crippen LogP contribution in [-0.2, 0) is 4.79 Å². The van der Waals surface area contributed by atoms with Crippen LogP contribution in [0.2, 0.25) is 5.02 Å². The molecular weight excluding hydrogens is 270 g/mol. The Bertz CT molecular complexity index is 436. The van der Waals surface area contributed by atoms with E-state index in [1.54, 1.807) is 12.1 Å². The zero-order valence-corrected chi connectivity index (χ0v) is 10.6. The smallest absolute Gasteiger partial charge is 0.310 e. The van der Waals surface area contributed by atoms with Crippen LogP contribution in [0.1, 0.15) is 17.0 Å². The summed E-state index contributed by atoms with van der Waals surface area (Å²) in [6.45, 7) is 1.89. The van der Waals surface area contributed by atoms with Gasteiger partial charge in [-0.05, 0) is 30.2 Å². The van der Waals surface area contributed by atoms with Gasteiger partial charge in [-0.1, -0.05) is 40.9 Å². The monoisotopic (exact) mass is 278 g/mol. The summed E-state index contributed by atoms with van der Waals surface area (Å²) in [6.07, 6.45) is 0. The molecule has 2 nitrogen and oxygen atoms in total. The molecule has 0 radical (unpaired) electrons. The summed E-state index contributed by atoms with van der Waals surface area (Å²) >= 11 is 17.8. The van der Waals surface area contributed by atoms with Crippen LogP contribution in [0.4, 0.5) is 0 Å². The minimum absolute atomic E-state index is 0.384. The molecule has 5 heteroatoms. The number of carboxylic acids is 1. The summed E-state index contributed by atoms with van der Waals surface area (Å²) in [5, 5.41) is 9.52. The zero-order valence-electron chi connectivity index (χ0n) is 8.38. The molecule has 86 valence electrons. The van der Waals surface area contributed by atoms with E-state index in [0.717, 1.165) is 11.1 Å². The third-order valence-corrected chi connectivity index (χ3v) is 3.90. The lowest BCUT2D eigenvalue weighted by Crippen LogP contribution is -2.03. The van der Waals surface area contributed by atoms with Crippen molar-refractivity contribution in [3.63, 3.8) is 0 Å². The molecule has 0 bridgehead atoms. The van der Waals surface area contributed by atoms with Crippen molar-refractivity contribution in [2.75, 3.05) is 0 Å². The lowest BCUT2D eigenvalue weighted by atomic mass is 10.1. The lowest BCUT2D eigenvalue weighted by molar-refractivity contribution is -0.138. The first kappa shape index (κ1) is 12.0. The quantitative estimate of drug-likeness (QED) is 0.840. The van der Waals surface area contributed by atoms with Crippen LogP contribution in [0.15, 0.2) is 18.2 Å². The Morgan fingerprint density at radius 3 is 2.44 bits per heavy atom. The third kappa shape index (κ3) is 1.90. The molecule has 1 aromatic rings. The van der Waals surface area contributed by atoms with Gasteiger partial charge in [-0.2, -0.15) is 0 Å². The second-order valence-electron chi connectivity index (χ2n) is 4.03. The average molecular weight is 280 g/mol. The number of hydrogen-bond donors (Lipinski definition) is 1. The van der Waals surface area contributed by atoms with Crippen molar-refractivity contribution in [1.29, 1.82) is 0 Å². The number of aliphatic carboxylic acids is 1. The molecule has 0 aliphatic heterocycles. The summed E-state index contributed by atoms with van der Waals surface area (Å²) in [4.78, 5) is 10.9. The van der Waals surface area contributed by atoms with Gasteiger partial charge in [0.1, 0.15) is 4.33 Å². The van der Waals surface area contributed by atoms with Gasteiger partial charge in [0.25, 0.3) is 0 Å². The number of alkyl halides is 2. The van der Waals surface area contributed by atoms with E-state index in [2.05, 4.69) is 0 Å². The summed E-state index contributed by atoms with van der Waals surface area (Å²) in [6, 6.07) is 5.37.